The van der Waals surface area contributed by atoms with Gasteiger partial charge in [-0.1, -0.05) is 41.4 Å². The first-order valence-electron chi connectivity index (χ1n) is 6.87. The second kappa shape index (κ2) is 6.04. The molecule has 1 aromatic carbocycles. The minimum absolute atomic E-state index is 0.0876. The van der Waals surface area contributed by atoms with Crippen LogP contribution in [0.15, 0.2) is 36.5 Å². The second-order valence-corrected chi connectivity index (χ2v) is 5.80. The van der Waals surface area contributed by atoms with Crippen LogP contribution in [0.25, 0.3) is 0 Å². The van der Waals surface area contributed by atoms with Crippen LogP contribution >= 0.6 is 23.2 Å². The lowest BCUT2D eigenvalue weighted by Gasteiger charge is -2.23. The van der Waals surface area contributed by atoms with Crippen molar-refractivity contribution in [1.29, 1.82) is 0 Å². The number of pyridine rings is 1. The Morgan fingerprint density at radius 2 is 2.00 bits per heavy atom. The first kappa shape index (κ1) is 14.4. The van der Waals surface area contributed by atoms with Gasteiger partial charge in [0.25, 0.3) is 5.91 Å². The van der Waals surface area contributed by atoms with Crippen molar-refractivity contribution < 1.29 is 4.79 Å². The van der Waals surface area contributed by atoms with Gasteiger partial charge in [0.15, 0.2) is 0 Å². The Hall–Kier alpha value is -1.58. The number of aromatic nitrogens is 1. The number of nitrogens with zero attached hydrogens (tertiary/aromatic N) is 2. The Morgan fingerprint density at radius 1 is 1.19 bits per heavy atom. The average molecular weight is 321 g/mol. The van der Waals surface area contributed by atoms with Crippen molar-refractivity contribution in [2.24, 2.45) is 0 Å². The van der Waals surface area contributed by atoms with Gasteiger partial charge in [0.1, 0.15) is 5.15 Å². The maximum atomic E-state index is 12.8. The van der Waals surface area contributed by atoms with Crippen molar-refractivity contribution in [1.82, 2.24) is 4.98 Å². The van der Waals surface area contributed by atoms with Gasteiger partial charge in [0, 0.05) is 18.4 Å². The number of aryl methyl sites for hydroxylation is 1. The summed E-state index contributed by atoms with van der Waals surface area (Å²) in [6, 6.07) is 9.61. The van der Waals surface area contributed by atoms with Crippen molar-refractivity contribution in [3.63, 3.8) is 0 Å². The molecule has 3 nitrogen and oxygen atoms in total. The van der Waals surface area contributed by atoms with Crippen LogP contribution in [-0.4, -0.2) is 17.4 Å². The Bertz CT molecular complexity index is 688. The summed E-state index contributed by atoms with van der Waals surface area (Å²) in [5.74, 6) is -0.0876. The number of hydrogen-bond donors (Lipinski definition) is 0. The largest absolute Gasteiger partial charge is 0.308 e. The molecule has 3 rings (SSSR count). The minimum Gasteiger partial charge on any atom is -0.308 e. The topological polar surface area (TPSA) is 33.2 Å². The molecule has 0 aliphatic carbocycles. The molecule has 0 spiro atoms. The number of carbonyl (C=O) groups is 1. The fraction of sp³-hybridized carbons (Fsp3) is 0.250. The van der Waals surface area contributed by atoms with Gasteiger partial charge in [-0.3, -0.25) is 4.79 Å². The Balaban J connectivity index is 1.99. The zero-order valence-electron chi connectivity index (χ0n) is 11.4. The number of para-hydroxylation sites is 1. The molecular weight excluding hydrogens is 307 g/mol. The van der Waals surface area contributed by atoms with Gasteiger partial charge >= 0.3 is 0 Å². The van der Waals surface area contributed by atoms with E-state index >= 15 is 0 Å². The van der Waals surface area contributed by atoms with Crippen molar-refractivity contribution >= 4 is 34.8 Å². The predicted octanol–water partition coefficient (Wildman–Crippen LogP) is 4.37. The van der Waals surface area contributed by atoms with Crippen LogP contribution in [0, 0.1) is 0 Å². The maximum Gasteiger partial charge on any atom is 0.259 e. The van der Waals surface area contributed by atoms with Crippen LogP contribution in [0.1, 0.15) is 28.8 Å². The summed E-state index contributed by atoms with van der Waals surface area (Å²) in [4.78, 5) is 18.5. The Kier molecular flexibility index (Phi) is 4.13. The van der Waals surface area contributed by atoms with Gasteiger partial charge < -0.3 is 4.90 Å². The molecule has 0 saturated carbocycles. The van der Waals surface area contributed by atoms with Crippen LogP contribution in [0.5, 0.6) is 0 Å². The van der Waals surface area contributed by atoms with Crippen LogP contribution in [-0.2, 0) is 6.42 Å². The van der Waals surface area contributed by atoms with E-state index in [0.717, 1.165) is 24.9 Å². The molecule has 1 amide bonds. The van der Waals surface area contributed by atoms with E-state index in [1.54, 1.807) is 6.07 Å². The molecule has 2 aromatic rings. The highest BCUT2D eigenvalue weighted by Gasteiger charge is 2.22. The van der Waals surface area contributed by atoms with Crippen molar-refractivity contribution in [3.05, 3.63) is 57.8 Å². The lowest BCUT2D eigenvalue weighted by atomic mass is 10.1. The second-order valence-electron chi connectivity index (χ2n) is 5.04. The van der Waals surface area contributed by atoms with E-state index < -0.39 is 0 Å². The van der Waals surface area contributed by atoms with E-state index in [1.807, 2.05) is 23.1 Å². The number of halogens is 2. The van der Waals surface area contributed by atoms with E-state index in [0.29, 0.717) is 17.1 Å². The maximum absolute atomic E-state index is 12.8. The van der Waals surface area contributed by atoms with Gasteiger partial charge in [0.05, 0.1) is 10.6 Å². The van der Waals surface area contributed by atoms with E-state index in [4.69, 9.17) is 23.2 Å². The third-order valence-corrected chi connectivity index (χ3v) is 4.33. The lowest BCUT2D eigenvalue weighted by Crippen LogP contribution is -2.31. The van der Waals surface area contributed by atoms with Crippen molar-refractivity contribution in [2.75, 3.05) is 11.4 Å². The molecule has 0 unspecified atom stereocenters. The summed E-state index contributed by atoms with van der Waals surface area (Å²) in [6.45, 7) is 0.704. The summed E-state index contributed by atoms with van der Waals surface area (Å²) < 4.78 is 0. The monoisotopic (exact) mass is 320 g/mol. The first-order chi connectivity index (χ1) is 10.2. The number of anilines is 1. The quantitative estimate of drug-likeness (QED) is 0.731. The molecular formula is C16H14Cl2N2O. The van der Waals surface area contributed by atoms with Crippen molar-refractivity contribution in [2.45, 2.75) is 19.3 Å². The third kappa shape index (κ3) is 2.89. The summed E-state index contributed by atoms with van der Waals surface area (Å²) in [6.07, 6.45) is 4.54. The molecule has 5 heteroatoms. The fourth-order valence-corrected chi connectivity index (χ4v) is 2.87. The first-order valence-corrected chi connectivity index (χ1v) is 7.63. The van der Waals surface area contributed by atoms with Crippen LogP contribution in [0.2, 0.25) is 10.2 Å². The normalized spacial score (nSPS) is 14.5. The van der Waals surface area contributed by atoms with Crippen molar-refractivity contribution in [3.8, 4) is 0 Å². The van der Waals surface area contributed by atoms with E-state index in [2.05, 4.69) is 11.1 Å². The average Bonchev–Trinajstić information content (AvgIpc) is 2.71. The lowest BCUT2D eigenvalue weighted by molar-refractivity contribution is 0.0986. The molecule has 0 bridgehead atoms. The molecule has 0 radical (unpaired) electrons. The predicted molar refractivity (Wildman–Crippen MR) is 85.3 cm³/mol. The van der Waals surface area contributed by atoms with Gasteiger partial charge in [-0.2, -0.15) is 0 Å². The molecule has 0 fully saturated rings. The van der Waals surface area contributed by atoms with Crippen LogP contribution in [0.4, 0.5) is 5.69 Å². The van der Waals surface area contributed by atoms with Gasteiger partial charge in [-0.15, -0.1) is 0 Å². The van der Waals surface area contributed by atoms with Crippen LogP contribution in [0.3, 0.4) is 0 Å². The zero-order chi connectivity index (χ0) is 14.8. The number of hydrogen-bond acceptors (Lipinski definition) is 2. The molecule has 1 aliphatic rings. The number of benzene rings is 1. The summed E-state index contributed by atoms with van der Waals surface area (Å²) in [5, 5.41) is 0.509. The number of fused-ring (bicyclic) bond motifs is 1. The molecule has 2 heterocycles. The highest BCUT2D eigenvalue weighted by Crippen LogP contribution is 2.28. The molecule has 0 N–H and O–H groups in total. The highest BCUT2D eigenvalue weighted by atomic mass is 35.5. The zero-order valence-corrected chi connectivity index (χ0v) is 12.9. The Labute approximate surface area is 133 Å². The summed E-state index contributed by atoms with van der Waals surface area (Å²) in [5.41, 5.74) is 2.64. The molecule has 21 heavy (non-hydrogen) atoms. The van der Waals surface area contributed by atoms with E-state index in [1.165, 1.54) is 11.8 Å². The summed E-state index contributed by atoms with van der Waals surface area (Å²) in [7, 11) is 0. The smallest absolute Gasteiger partial charge is 0.259 e. The highest BCUT2D eigenvalue weighted by molar-refractivity contribution is 6.41. The standard InChI is InChI=1S/C16H14Cl2N2O/c17-13-9-12(10-19-15(13)18)16(21)20-8-4-3-6-11-5-1-2-7-14(11)20/h1-2,5,7,9-10H,3-4,6,8H2. The Morgan fingerprint density at radius 3 is 2.81 bits per heavy atom. The number of rotatable bonds is 1. The molecule has 0 atom stereocenters. The van der Waals surface area contributed by atoms with Gasteiger partial charge in [0.2, 0.25) is 0 Å². The fourth-order valence-electron chi connectivity index (χ4n) is 2.60. The van der Waals surface area contributed by atoms with Crippen LogP contribution < -0.4 is 4.90 Å². The molecule has 0 saturated heterocycles. The molecule has 1 aromatic heterocycles. The minimum atomic E-state index is -0.0876. The van der Waals surface area contributed by atoms with Gasteiger partial charge in [-0.05, 0) is 37.0 Å². The third-order valence-electron chi connectivity index (χ3n) is 3.65. The SMILES string of the molecule is O=C(c1cnc(Cl)c(Cl)c1)N1CCCCc2ccccc21. The van der Waals surface area contributed by atoms with Gasteiger partial charge in [-0.25, -0.2) is 4.98 Å². The molecule has 108 valence electrons. The number of amides is 1. The van der Waals surface area contributed by atoms with E-state index in [-0.39, 0.29) is 11.1 Å². The number of carbonyl (C=O) groups excluding carboxylic acids is 1. The molecule has 1 aliphatic heterocycles. The summed E-state index contributed by atoms with van der Waals surface area (Å²) >= 11 is 11.8. The van der Waals surface area contributed by atoms with E-state index in [9.17, 15) is 4.79 Å².